The van der Waals surface area contributed by atoms with Gasteiger partial charge in [0.25, 0.3) is 0 Å². The number of aromatic nitrogens is 3. The molecule has 0 radical (unpaired) electrons. The third kappa shape index (κ3) is 3.66. The van der Waals surface area contributed by atoms with E-state index in [0.717, 1.165) is 70.1 Å². The van der Waals surface area contributed by atoms with E-state index in [1.807, 2.05) is 26.0 Å². The molecule has 0 aliphatic heterocycles. The number of nitrogens with zero attached hydrogens (tertiary/aromatic N) is 2. The fourth-order valence-corrected chi connectivity index (χ4v) is 4.58. The molecule has 126 valence electrons. The van der Waals surface area contributed by atoms with Gasteiger partial charge in [0, 0.05) is 0 Å². The van der Waals surface area contributed by atoms with E-state index in [4.69, 9.17) is 9.47 Å². The number of rotatable bonds is 5. The van der Waals surface area contributed by atoms with Crippen LogP contribution in [0.5, 0.6) is 11.5 Å². The molecule has 1 aromatic carbocycles. The summed E-state index contributed by atoms with van der Waals surface area (Å²) in [5, 5.41) is 0.449. The predicted octanol–water partition coefficient (Wildman–Crippen LogP) is 1.69. The van der Waals surface area contributed by atoms with Gasteiger partial charge in [-0.05, 0) is 0 Å². The summed E-state index contributed by atoms with van der Waals surface area (Å²) in [4.78, 5) is 12.0. The molecule has 25 heavy (non-hydrogen) atoms. The minimum absolute atomic E-state index is 0.285. The van der Waals surface area contributed by atoms with Crippen molar-refractivity contribution in [3.63, 3.8) is 0 Å². The van der Waals surface area contributed by atoms with Crippen LogP contribution in [-0.4, -0.2) is 61.7 Å². The summed E-state index contributed by atoms with van der Waals surface area (Å²) in [5.41, 5.74) is 4.26. The van der Waals surface area contributed by atoms with E-state index in [-0.39, 0.29) is 5.75 Å². The summed E-state index contributed by atoms with van der Waals surface area (Å²) in [6.45, 7) is 3.88. The van der Waals surface area contributed by atoms with Crippen molar-refractivity contribution in [3.8, 4) is 11.5 Å². The van der Waals surface area contributed by atoms with Gasteiger partial charge in [0.2, 0.25) is 0 Å². The van der Waals surface area contributed by atoms with Crippen LogP contribution >= 0.6 is 0 Å². The van der Waals surface area contributed by atoms with Crippen LogP contribution in [0.25, 0.3) is 11.0 Å². The van der Waals surface area contributed by atoms with Crippen molar-refractivity contribution in [2.45, 2.75) is 24.8 Å². The topological polar surface area (TPSA) is 83.1 Å². The maximum absolute atomic E-state index is 12.8. The molecule has 2 heterocycles. The van der Waals surface area contributed by atoms with Gasteiger partial charge in [-0.2, -0.15) is 0 Å². The first-order chi connectivity index (χ1) is 11.9. The third-order valence-corrected chi connectivity index (χ3v) is 6.15. The SMILES string of the molecule is COc1cc2[nH]c([S+]([O-])Cc3ncc(C)c(OC)c3C)nc2c[c]1[Na]. The van der Waals surface area contributed by atoms with E-state index in [1.54, 1.807) is 20.4 Å². The van der Waals surface area contributed by atoms with Crippen molar-refractivity contribution in [2.24, 2.45) is 0 Å². The van der Waals surface area contributed by atoms with Crippen LogP contribution in [-0.2, 0) is 16.9 Å². The number of imidazole rings is 1. The summed E-state index contributed by atoms with van der Waals surface area (Å²) in [6, 6.07) is 3.89. The molecule has 0 saturated heterocycles. The molecule has 3 rings (SSSR count). The van der Waals surface area contributed by atoms with Crippen LogP contribution in [0.4, 0.5) is 0 Å². The quantitative estimate of drug-likeness (QED) is 0.548. The molecule has 0 spiro atoms. The van der Waals surface area contributed by atoms with Crippen LogP contribution < -0.4 is 12.3 Å². The molecule has 0 amide bonds. The van der Waals surface area contributed by atoms with Crippen LogP contribution in [0.1, 0.15) is 16.8 Å². The van der Waals surface area contributed by atoms with E-state index < -0.39 is 11.2 Å². The summed E-state index contributed by atoms with van der Waals surface area (Å²) < 4.78 is 24.7. The summed E-state index contributed by atoms with van der Waals surface area (Å²) in [6.07, 6.45) is 1.75. The number of H-pyrrole nitrogens is 1. The number of pyridine rings is 1. The monoisotopic (exact) mass is 367 g/mol. The second kappa shape index (κ2) is 7.55. The number of hydrogen-bond acceptors (Lipinski definition) is 5. The van der Waals surface area contributed by atoms with Gasteiger partial charge in [-0.1, -0.05) is 0 Å². The van der Waals surface area contributed by atoms with E-state index in [2.05, 4.69) is 15.0 Å². The number of ether oxygens (including phenoxy) is 2. The first-order valence-electron chi connectivity index (χ1n) is 7.86. The molecule has 0 fully saturated rings. The summed E-state index contributed by atoms with van der Waals surface area (Å²) in [7, 11) is 3.28. The van der Waals surface area contributed by atoms with Gasteiger partial charge >= 0.3 is 168 Å². The van der Waals surface area contributed by atoms with Gasteiger partial charge in [0.1, 0.15) is 0 Å². The molecule has 0 bridgehead atoms. The zero-order valence-corrected chi connectivity index (χ0v) is 17.8. The molecule has 1 atom stereocenters. The van der Waals surface area contributed by atoms with Crippen LogP contribution in [0.3, 0.4) is 0 Å². The van der Waals surface area contributed by atoms with Crippen LogP contribution in [0.15, 0.2) is 23.5 Å². The molecule has 3 aromatic rings. The van der Waals surface area contributed by atoms with Crippen molar-refractivity contribution in [3.05, 3.63) is 35.2 Å². The Bertz CT molecular complexity index is 929. The maximum atomic E-state index is 12.8. The predicted molar refractivity (Wildman–Crippen MR) is 98.4 cm³/mol. The van der Waals surface area contributed by atoms with E-state index in [9.17, 15) is 4.55 Å². The molecule has 2 aromatic heterocycles. The molecule has 1 unspecified atom stereocenters. The Morgan fingerprint density at radius 3 is 2.68 bits per heavy atom. The summed E-state index contributed by atoms with van der Waals surface area (Å²) in [5.74, 6) is 1.91. The second-order valence-electron chi connectivity index (χ2n) is 5.92. The van der Waals surface area contributed by atoms with Gasteiger partial charge in [-0.15, -0.1) is 0 Å². The number of hydrogen-bond donors (Lipinski definition) is 1. The number of methoxy groups -OCH3 is 2. The van der Waals surface area contributed by atoms with Gasteiger partial charge < -0.3 is 0 Å². The number of aryl methyl sites for hydroxylation is 1. The molecular weight excluding hydrogens is 349 g/mol. The van der Waals surface area contributed by atoms with Gasteiger partial charge in [-0.3, -0.25) is 0 Å². The Labute approximate surface area is 166 Å². The first kappa shape index (κ1) is 18.5. The molecule has 0 aliphatic rings. The minimum atomic E-state index is -1.32. The number of fused-ring (bicyclic) bond motifs is 1. The first-order valence-corrected chi connectivity index (χ1v) is 10.2. The Morgan fingerprint density at radius 2 is 2.00 bits per heavy atom. The van der Waals surface area contributed by atoms with Crippen molar-refractivity contribution in [1.82, 2.24) is 15.0 Å². The molecule has 8 heteroatoms. The van der Waals surface area contributed by atoms with Crippen LogP contribution in [0, 0.1) is 13.8 Å². The van der Waals surface area contributed by atoms with Crippen molar-refractivity contribution >= 4 is 53.0 Å². The Hall–Kier alpha value is -1.25. The number of aromatic amines is 1. The molecule has 6 nitrogen and oxygen atoms in total. The molecular formula is C17H18N3NaO3S. The zero-order chi connectivity index (χ0) is 18.1. The van der Waals surface area contributed by atoms with Crippen molar-refractivity contribution in [2.75, 3.05) is 14.2 Å². The van der Waals surface area contributed by atoms with Crippen molar-refractivity contribution in [1.29, 1.82) is 0 Å². The normalized spacial score (nSPS) is 12.4. The number of nitrogens with one attached hydrogen (secondary N) is 1. The average molecular weight is 367 g/mol. The van der Waals surface area contributed by atoms with E-state index in [0.29, 0.717) is 5.16 Å². The fourth-order valence-electron chi connectivity index (χ4n) is 2.85. The van der Waals surface area contributed by atoms with Gasteiger partial charge in [-0.25, -0.2) is 0 Å². The third-order valence-electron chi connectivity index (χ3n) is 4.21. The Balaban J connectivity index is 1.91. The molecule has 1 N–H and O–H groups in total. The summed E-state index contributed by atoms with van der Waals surface area (Å²) >= 11 is -0.464. The molecule has 0 saturated carbocycles. The van der Waals surface area contributed by atoms with Gasteiger partial charge in [0.15, 0.2) is 0 Å². The van der Waals surface area contributed by atoms with Gasteiger partial charge in [0.05, 0.1) is 0 Å². The Kier molecular flexibility index (Phi) is 5.60. The molecule has 0 aliphatic carbocycles. The van der Waals surface area contributed by atoms with Crippen molar-refractivity contribution < 1.29 is 14.0 Å². The zero-order valence-electron chi connectivity index (χ0n) is 15.0. The fraction of sp³-hybridized carbons (Fsp3) is 0.294. The van der Waals surface area contributed by atoms with E-state index >= 15 is 0 Å². The Morgan fingerprint density at radius 1 is 1.24 bits per heavy atom. The average Bonchev–Trinajstić information content (AvgIpc) is 3.00. The number of benzene rings is 1. The standard InChI is InChI=1S/C17H18N3O3S.Na/c1-10-8-18-15(11(2)16(10)23-4)9-24(21)17-19-13-6-5-12(22-3)7-14(13)20-17;/h6-8H,9H2,1-4H3,(H,19,20);. The van der Waals surface area contributed by atoms with Crippen LogP contribution in [0.2, 0.25) is 0 Å². The second-order valence-corrected chi connectivity index (χ2v) is 8.36. The van der Waals surface area contributed by atoms with E-state index in [1.165, 1.54) is 0 Å².